The van der Waals surface area contributed by atoms with Gasteiger partial charge in [0.15, 0.2) is 0 Å². The molecule has 1 saturated heterocycles. The van der Waals surface area contributed by atoms with E-state index in [1.807, 2.05) is 18.2 Å². The molecule has 0 spiro atoms. The summed E-state index contributed by atoms with van der Waals surface area (Å²) in [4.78, 5) is 19.1. The number of hydroxylamine groups is 2. The van der Waals surface area contributed by atoms with Crippen molar-refractivity contribution in [2.75, 3.05) is 0 Å². The van der Waals surface area contributed by atoms with Crippen molar-refractivity contribution in [2.45, 2.75) is 90.6 Å². The number of allylic oxidation sites excluding steroid dienone is 2. The van der Waals surface area contributed by atoms with Gasteiger partial charge in [-0.1, -0.05) is 6.42 Å². The lowest BCUT2D eigenvalue weighted by Crippen LogP contribution is -2.59. The molecule has 1 aliphatic carbocycles. The van der Waals surface area contributed by atoms with Gasteiger partial charge in [0.05, 0.1) is 22.9 Å². The number of rotatable bonds is 2. The fourth-order valence-electron chi connectivity index (χ4n) is 4.62. The molecule has 3 rings (SSSR count). The van der Waals surface area contributed by atoms with Crippen LogP contribution in [0, 0.1) is 5.92 Å². The molecule has 0 aromatic carbocycles. The van der Waals surface area contributed by atoms with E-state index in [4.69, 9.17) is 9.57 Å². The molecule has 2 aliphatic heterocycles. The van der Waals surface area contributed by atoms with E-state index in [0.717, 1.165) is 44.1 Å². The van der Waals surface area contributed by atoms with Crippen LogP contribution >= 0.6 is 0 Å². The SMILES string of the molecule is CC1=C(C(=O)ON2C(C)(C)CCCC2(C)C)C2CCCCC2=CO1. The van der Waals surface area contributed by atoms with Gasteiger partial charge in [-0.05, 0) is 78.7 Å². The summed E-state index contributed by atoms with van der Waals surface area (Å²) in [6.45, 7) is 10.5. The van der Waals surface area contributed by atoms with Gasteiger partial charge >= 0.3 is 5.97 Å². The topological polar surface area (TPSA) is 38.8 Å². The smallest absolute Gasteiger partial charge is 0.356 e. The van der Waals surface area contributed by atoms with Gasteiger partial charge in [0.2, 0.25) is 0 Å². The summed E-state index contributed by atoms with van der Waals surface area (Å²) in [6.07, 6.45) is 9.46. The number of piperidine rings is 1. The lowest BCUT2D eigenvalue weighted by molar-refractivity contribution is -0.263. The fraction of sp³-hybridized carbons (Fsp3) is 0.750. The third-order valence-corrected chi connectivity index (χ3v) is 5.84. The lowest BCUT2D eigenvalue weighted by atomic mass is 9.78. The first-order valence-electron chi connectivity index (χ1n) is 9.31. The van der Waals surface area contributed by atoms with E-state index < -0.39 is 0 Å². The Bertz CT molecular complexity index is 570. The molecule has 0 radical (unpaired) electrons. The Hall–Kier alpha value is -1.29. The third-order valence-electron chi connectivity index (χ3n) is 5.84. The average molecular weight is 333 g/mol. The quantitative estimate of drug-likeness (QED) is 0.723. The van der Waals surface area contributed by atoms with Gasteiger partial charge in [-0.15, -0.1) is 5.06 Å². The Balaban J connectivity index is 1.83. The van der Waals surface area contributed by atoms with Crippen molar-refractivity contribution in [3.8, 4) is 0 Å². The zero-order valence-corrected chi connectivity index (χ0v) is 15.8. The van der Waals surface area contributed by atoms with Gasteiger partial charge in [0, 0.05) is 5.92 Å². The summed E-state index contributed by atoms with van der Waals surface area (Å²) >= 11 is 0. The average Bonchev–Trinajstić information content (AvgIpc) is 2.50. The van der Waals surface area contributed by atoms with Crippen LogP contribution in [-0.4, -0.2) is 22.1 Å². The monoisotopic (exact) mass is 333 g/mol. The maximum absolute atomic E-state index is 13.1. The molecule has 24 heavy (non-hydrogen) atoms. The standard InChI is InChI=1S/C20H31NO3/c1-14-17(16-10-7-6-9-15(16)13-23-14)18(22)24-21-19(2,3)11-8-12-20(21,4)5/h13,16H,6-12H2,1-5H3. The molecular weight excluding hydrogens is 302 g/mol. The molecule has 0 aromatic rings. The zero-order chi connectivity index (χ0) is 17.5. The summed E-state index contributed by atoms with van der Waals surface area (Å²) in [6, 6.07) is 0. The molecule has 1 atom stereocenters. The van der Waals surface area contributed by atoms with Crippen molar-refractivity contribution in [1.82, 2.24) is 5.06 Å². The molecule has 4 heteroatoms. The van der Waals surface area contributed by atoms with Gasteiger partial charge in [-0.2, -0.15) is 0 Å². The lowest BCUT2D eigenvalue weighted by Gasteiger charge is -2.50. The summed E-state index contributed by atoms with van der Waals surface area (Å²) in [5, 5.41) is 1.94. The number of fused-ring (bicyclic) bond motifs is 1. The highest BCUT2D eigenvalue weighted by atomic mass is 16.7. The molecule has 0 bridgehead atoms. The largest absolute Gasteiger partial charge is 0.469 e. The number of hydrogen-bond acceptors (Lipinski definition) is 4. The molecular formula is C20H31NO3. The van der Waals surface area contributed by atoms with Crippen LogP contribution in [-0.2, 0) is 14.4 Å². The summed E-state index contributed by atoms with van der Waals surface area (Å²) < 4.78 is 5.67. The van der Waals surface area contributed by atoms with E-state index in [2.05, 4.69) is 27.7 Å². The number of nitrogens with zero attached hydrogens (tertiary/aromatic N) is 1. The maximum atomic E-state index is 13.1. The highest BCUT2D eigenvalue weighted by Gasteiger charge is 2.45. The van der Waals surface area contributed by atoms with Crippen LogP contribution in [0.2, 0.25) is 0 Å². The van der Waals surface area contributed by atoms with Crippen molar-refractivity contribution < 1.29 is 14.4 Å². The van der Waals surface area contributed by atoms with E-state index >= 15 is 0 Å². The molecule has 2 heterocycles. The van der Waals surface area contributed by atoms with Crippen molar-refractivity contribution in [1.29, 1.82) is 0 Å². The van der Waals surface area contributed by atoms with Crippen LogP contribution in [0.1, 0.15) is 79.6 Å². The first kappa shape index (κ1) is 17.5. The van der Waals surface area contributed by atoms with E-state index in [1.165, 1.54) is 12.0 Å². The number of hydrogen-bond donors (Lipinski definition) is 0. The Kier molecular flexibility index (Phi) is 4.54. The maximum Gasteiger partial charge on any atom is 0.356 e. The first-order chi connectivity index (χ1) is 11.2. The summed E-state index contributed by atoms with van der Waals surface area (Å²) in [5.74, 6) is 0.646. The fourth-order valence-corrected chi connectivity index (χ4v) is 4.62. The van der Waals surface area contributed by atoms with Gasteiger partial charge in [-0.25, -0.2) is 4.79 Å². The molecule has 0 aromatic heterocycles. The minimum atomic E-state index is -0.229. The molecule has 4 nitrogen and oxygen atoms in total. The van der Waals surface area contributed by atoms with Crippen LogP contribution in [0.25, 0.3) is 0 Å². The molecule has 0 amide bonds. The molecule has 2 fully saturated rings. The normalized spacial score (nSPS) is 29.4. The second-order valence-electron chi connectivity index (χ2n) is 8.73. The predicted molar refractivity (Wildman–Crippen MR) is 93.8 cm³/mol. The number of carbonyl (C=O) groups excluding carboxylic acids is 1. The highest BCUT2D eigenvalue weighted by Crippen LogP contribution is 2.42. The van der Waals surface area contributed by atoms with Crippen LogP contribution in [0.5, 0.6) is 0 Å². The minimum absolute atomic E-state index is 0.146. The highest BCUT2D eigenvalue weighted by molar-refractivity contribution is 5.90. The Morgan fingerprint density at radius 1 is 1.17 bits per heavy atom. The molecule has 1 unspecified atom stereocenters. The minimum Gasteiger partial charge on any atom is -0.469 e. The predicted octanol–water partition coefficient (Wildman–Crippen LogP) is 4.87. The van der Waals surface area contributed by atoms with Crippen LogP contribution in [0.15, 0.2) is 23.2 Å². The second kappa shape index (κ2) is 6.21. The molecule has 0 N–H and O–H groups in total. The summed E-state index contributed by atoms with van der Waals surface area (Å²) in [7, 11) is 0. The van der Waals surface area contributed by atoms with E-state index in [1.54, 1.807) is 0 Å². The molecule has 134 valence electrons. The zero-order valence-electron chi connectivity index (χ0n) is 15.8. The van der Waals surface area contributed by atoms with Crippen LogP contribution in [0.3, 0.4) is 0 Å². The van der Waals surface area contributed by atoms with Crippen molar-refractivity contribution >= 4 is 5.97 Å². The van der Waals surface area contributed by atoms with Crippen molar-refractivity contribution in [3.05, 3.63) is 23.2 Å². The number of ether oxygens (including phenoxy) is 1. The summed E-state index contributed by atoms with van der Waals surface area (Å²) in [5.41, 5.74) is 1.68. The van der Waals surface area contributed by atoms with Crippen molar-refractivity contribution in [3.63, 3.8) is 0 Å². The van der Waals surface area contributed by atoms with Gasteiger partial charge < -0.3 is 9.57 Å². The van der Waals surface area contributed by atoms with Gasteiger partial charge in [0.25, 0.3) is 0 Å². The Morgan fingerprint density at radius 3 is 2.50 bits per heavy atom. The van der Waals surface area contributed by atoms with Crippen LogP contribution in [0.4, 0.5) is 0 Å². The third kappa shape index (κ3) is 3.13. The Morgan fingerprint density at radius 2 is 1.83 bits per heavy atom. The Labute approximate surface area is 145 Å². The van der Waals surface area contributed by atoms with E-state index in [0.29, 0.717) is 5.76 Å². The van der Waals surface area contributed by atoms with Gasteiger partial charge in [0.1, 0.15) is 5.76 Å². The first-order valence-corrected chi connectivity index (χ1v) is 9.31. The van der Waals surface area contributed by atoms with E-state index in [9.17, 15) is 4.79 Å². The molecule has 3 aliphatic rings. The van der Waals surface area contributed by atoms with Gasteiger partial charge in [-0.3, -0.25) is 0 Å². The second-order valence-corrected chi connectivity index (χ2v) is 8.73. The molecule has 1 saturated carbocycles. The van der Waals surface area contributed by atoms with Crippen molar-refractivity contribution in [2.24, 2.45) is 5.92 Å². The van der Waals surface area contributed by atoms with Crippen LogP contribution < -0.4 is 0 Å². The number of carbonyl (C=O) groups is 1. The van der Waals surface area contributed by atoms with E-state index in [-0.39, 0.29) is 23.0 Å².